The Kier molecular flexibility index (Phi) is 5.59. The molecule has 0 atom stereocenters. The van der Waals surface area contributed by atoms with Crippen molar-refractivity contribution in [3.63, 3.8) is 0 Å². The Bertz CT molecular complexity index is 385. The fourth-order valence-corrected chi connectivity index (χ4v) is 1.24. The normalized spacial score (nSPS) is 11.1. The van der Waals surface area contributed by atoms with Gasteiger partial charge in [0.2, 0.25) is 11.8 Å². The number of amides is 1. The van der Waals surface area contributed by atoms with Crippen molar-refractivity contribution in [2.24, 2.45) is 0 Å². The topological polar surface area (TPSA) is 51.2 Å². The minimum Gasteiger partial charge on any atom is -0.478 e. The minimum absolute atomic E-state index is 0.107. The van der Waals surface area contributed by atoms with Gasteiger partial charge in [0.05, 0.1) is 22.8 Å². The summed E-state index contributed by atoms with van der Waals surface area (Å²) in [6.07, 6.45) is 3.70. The number of pyridine rings is 1. The summed E-state index contributed by atoms with van der Waals surface area (Å²) in [4.78, 5) is 15.8. The van der Waals surface area contributed by atoms with Crippen molar-refractivity contribution in [2.75, 3.05) is 11.9 Å². The van der Waals surface area contributed by atoms with E-state index in [0.717, 1.165) is 12.8 Å². The summed E-state index contributed by atoms with van der Waals surface area (Å²) in [5.74, 6) is 0.475. The van der Waals surface area contributed by atoms with Crippen molar-refractivity contribution in [3.8, 4) is 5.88 Å². The number of carbonyl (C=O) groups excluding carboxylic acids is 1. The highest BCUT2D eigenvalue weighted by molar-refractivity contribution is 9.10. The lowest BCUT2D eigenvalue weighted by Gasteiger charge is -2.15. The number of anilines is 1. The van der Waals surface area contributed by atoms with Crippen molar-refractivity contribution in [2.45, 2.75) is 37.9 Å². The van der Waals surface area contributed by atoms with Crippen LogP contribution in [0.2, 0.25) is 0 Å². The molecule has 0 radical (unpaired) electrons. The molecule has 5 heteroatoms. The van der Waals surface area contributed by atoms with Gasteiger partial charge < -0.3 is 10.1 Å². The number of hydrogen-bond acceptors (Lipinski definition) is 3. The maximum Gasteiger partial charge on any atom is 0.240 e. The Hall–Kier alpha value is -1.10. The van der Waals surface area contributed by atoms with E-state index in [1.165, 1.54) is 0 Å². The van der Waals surface area contributed by atoms with Gasteiger partial charge in [-0.3, -0.25) is 4.79 Å². The standard InChI is InChI=1S/C13H19BrN2O2/c1-4-5-8-18-11-7-6-10(9-15-11)16-12(17)13(2,3)14/h6-7,9H,4-5,8H2,1-3H3,(H,16,17). The van der Waals surface area contributed by atoms with Crippen LogP contribution in [0.15, 0.2) is 18.3 Å². The molecule has 0 fully saturated rings. The molecule has 18 heavy (non-hydrogen) atoms. The number of unbranched alkanes of at least 4 members (excludes halogenated alkanes) is 1. The fourth-order valence-electron chi connectivity index (χ4n) is 1.14. The number of nitrogens with one attached hydrogen (secondary N) is 1. The van der Waals surface area contributed by atoms with Crippen molar-refractivity contribution in [1.29, 1.82) is 0 Å². The van der Waals surface area contributed by atoms with Gasteiger partial charge in [-0.2, -0.15) is 0 Å². The summed E-state index contributed by atoms with van der Waals surface area (Å²) in [5, 5.41) is 2.77. The van der Waals surface area contributed by atoms with E-state index in [2.05, 4.69) is 33.2 Å². The second-order valence-corrected chi connectivity index (χ2v) is 6.50. The van der Waals surface area contributed by atoms with Crippen molar-refractivity contribution >= 4 is 27.5 Å². The lowest BCUT2D eigenvalue weighted by Crippen LogP contribution is -2.30. The maximum atomic E-state index is 11.7. The van der Waals surface area contributed by atoms with Gasteiger partial charge in [0.1, 0.15) is 0 Å². The second-order valence-electron chi connectivity index (χ2n) is 4.51. The SMILES string of the molecule is CCCCOc1ccc(NC(=O)C(C)(C)Br)cn1. The number of alkyl halides is 1. The molecule has 1 amide bonds. The lowest BCUT2D eigenvalue weighted by molar-refractivity contribution is -0.117. The molecule has 1 N–H and O–H groups in total. The highest BCUT2D eigenvalue weighted by atomic mass is 79.9. The highest BCUT2D eigenvalue weighted by Gasteiger charge is 2.23. The molecular weight excluding hydrogens is 296 g/mol. The lowest BCUT2D eigenvalue weighted by atomic mass is 10.2. The molecule has 0 aromatic carbocycles. The summed E-state index contributed by atoms with van der Waals surface area (Å²) in [6, 6.07) is 3.54. The molecule has 1 aromatic heterocycles. The monoisotopic (exact) mass is 314 g/mol. The molecule has 1 rings (SSSR count). The van der Waals surface area contributed by atoms with E-state index in [0.29, 0.717) is 18.2 Å². The molecule has 0 saturated heterocycles. The molecule has 1 aromatic rings. The molecule has 0 spiro atoms. The van der Waals surface area contributed by atoms with E-state index < -0.39 is 4.32 Å². The van der Waals surface area contributed by atoms with Crippen LogP contribution in [-0.4, -0.2) is 21.8 Å². The van der Waals surface area contributed by atoms with Crippen LogP contribution >= 0.6 is 15.9 Å². The number of ether oxygens (including phenoxy) is 1. The predicted octanol–water partition coefficient (Wildman–Crippen LogP) is 3.37. The Labute approximate surface area is 116 Å². The first-order valence-electron chi connectivity index (χ1n) is 6.02. The third-order valence-corrected chi connectivity index (χ3v) is 2.64. The molecule has 0 aliphatic carbocycles. The highest BCUT2D eigenvalue weighted by Crippen LogP contribution is 2.19. The van der Waals surface area contributed by atoms with E-state index in [-0.39, 0.29) is 5.91 Å². The summed E-state index contributed by atoms with van der Waals surface area (Å²) in [5.41, 5.74) is 0.662. The van der Waals surface area contributed by atoms with Crippen LogP contribution < -0.4 is 10.1 Å². The number of carbonyl (C=O) groups is 1. The maximum absolute atomic E-state index is 11.7. The molecule has 4 nitrogen and oxygen atoms in total. The summed E-state index contributed by atoms with van der Waals surface area (Å²) >= 11 is 3.30. The van der Waals surface area contributed by atoms with Gasteiger partial charge in [0.25, 0.3) is 0 Å². The van der Waals surface area contributed by atoms with Crippen LogP contribution in [0, 0.1) is 0 Å². The smallest absolute Gasteiger partial charge is 0.240 e. The molecule has 1 heterocycles. The van der Waals surface area contributed by atoms with Gasteiger partial charge >= 0.3 is 0 Å². The Balaban J connectivity index is 2.53. The van der Waals surface area contributed by atoms with E-state index in [1.54, 1.807) is 32.2 Å². The third-order valence-electron chi connectivity index (χ3n) is 2.28. The first-order valence-corrected chi connectivity index (χ1v) is 6.82. The van der Waals surface area contributed by atoms with Crippen LogP contribution in [0.3, 0.4) is 0 Å². The molecule has 0 aliphatic heterocycles. The minimum atomic E-state index is -0.594. The molecule has 100 valence electrons. The van der Waals surface area contributed by atoms with E-state index in [1.807, 2.05) is 0 Å². The van der Waals surface area contributed by atoms with Crippen LogP contribution in [0.5, 0.6) is 5.88 Å². The first kappa shape index (κ1) is 15.0. The zero-order valence-corrected chi connectivity index (χ0v) is 12.6. The van der Waals surface area contributed by atoms with Gasteiger partial charge in [-0.15, -0.1) is 0 Å². The van der Waals surface area contributed by atoms with E-state index in [9.17, 15) is 4.79 Å². The number of aromatic nitrogens is 1. The Morgan fingerprint density at radius 3 is 2.72 bits per heavy atom. The second kappa shape index (κ2) is 6.73. The largest absolute Gasteiger partial charge is 0.478 e. The number of hydrogen-bond donors (Lipinski definition) is 1. The summed E-state index contributed by atoms with van der Waals surface area (Å²) in [6.45, 7) is 6.36. The van der Waals surface area contributed by atoms with Crippen LogP contribution in [0.4, 0.5) is 5.69 Å². The van der Waals surface area contributed by atoms with Crippen LogP contribution in [-0.2, 0) is 4.79 Å². The van der Waals surface area contributed by atoms with Crippen molar-refractivity contribution in [3.05, 3.63) is 18.3 Å². The summed E-state index contributed by atoms with van der Waals surface area (Å²) in [7, 11) is 0. The average molecular weight is 315 g/mol. The fraction of sp³-hybridized carbons (Fsp3) is 0.538. The van der Waals surface area contributed by atoms with Crippen molar-refractivity contribution in [1.82, 2.24) is 4.98 Å². The van der Waals surface area contributed by atoms with Gasteiger partial charge in [0.15, 0.2) is 0 Å². The predicted molar refractivity (Wildman–Crippen MR) is 76.3 cm³/mol. The molecule has 0 aliphatic rings. The van der Waals surface area contributed by atoms with Gasteiger partial charge in [-0.05, 0) is 26.3 Å². The zero-order valence-electron chi connectivity index (χ0n) is 11.0. The van der Waals surface area contributed by atoms with Gasteiger partial charge in [0, 0.05) is 6.07 Å². The number of nitrogens with zero attached hydrogens (tertiary/aromatic N) is 1. The van der Waals surface area contributed by atoms with Gasteiger partial charge in [-0.25, -0.2) is 4.98 Å². The van der Waals surface area contributed by atoms with Crippen LogP contribution in [0.25, 0.3) is 0 Å². The number of rotatable bonds is 6. The average Bonchev–Trinajstić information content (AvgIpc) is 2.30. The molecule has 0 unspecified atom stereocenters. The Morgan fingerprint density at radius 1 is 1.50 bits per heavy atom. The van der Waals surface area contributed by atoms with Gasteiger partial charge in [-0.1, -0.05) is 29.3 Å². The molecule has 0 bridgehead atoms. The molecular formula is C13H19BrN2O2. The Morgan fingerprint density at radius 2 is 2.22 bits per heavy atom. The zero-order chi connectivity index (χ0) is 13.6. The first-order chi connectivity index (χ1) is 8.43. The number of halogens is 1. The summed E-state index contributed by atoms with van der Waals surface area (Å²) < 4.78 is 4.85. The third kappa shape index (κ3) is 5.04. The van der Waals surface area contributed by atoms with Crippen molar-refractivity contribution < 1.29 is 9.53 Å². The van der Waals surface area contributed by atoms with E-state index >= 15 is 0 Å². The van der Waals surface area contributed by atoms with E-state index in [4.69, 9.17) is 4.74 Å². The molecule has 0 saturated carbocycles. The van der Waals surface area contributed by atoms with Crippen LogP contribution in [0.1, 0.15) is 33.6 Å². The quantitative estimate of drug-likeness (QED) is 0.647.